The van der Waals surface area contributed by atoms with E-state index in [-0.39, 0.29) is 35.1 Å². The molecule has 1 saturated carbocycles. The molecule has 2 fully saturated rings. The number of hydrogen-bond donors (Lipinski definition) is 0. The lowest BCUT2D eigenvalue weighted by atomic mass is 9.59. The largest absolute Gasteiger partial charge is 0.456 e. The summed E-state index contributed by atoms with van der Waals surface area (Å²) in [5.74, 6) is -0.520. The molecule has 1 aromatic carbocycles. The van der Waals surface area contributed by atoms with Gasteiger partial charge in [-0.25, -0.2) is 13.9 Å². The molecule has 0 N–H and O–H groups in total. The second-order valence-electron chi connectivity index (χ2n) is 7.32. The van der Waals surface area contributed by atoms with Crippen LogP contribution in [0.1, 0.15) is 36.3 Å². The highest BCUT2D eigenvalue weighted by Gasteiger charge is 2.61. The quantitative estimate of drug-likeness (QED) is 0.796. The first-order valence-corrected chi connectivity index (χ1v) is 8.42. The summed E-state index contributed by atoms with van der Waals surface area (Å²) in [5.41, 5.74) is 0.722. The van der Waals surface area contributed by atoms with E-state index in [1.165, 1.54) is 23.0 Å². The summed E-state index contributed by atoms with van der Waals surface area (Å²) in [6.07, 6.45) is 2.44. The van der Waals surface area contributed by atoms with Gasteiger partial charge in [-0.1, -0.05) is 31.2 Å². The average Bonchev–Trinajstić information content (AvgIpc) is 3.20. The Kier molecular flexibility index (Phi) is 3.83. The lowest BCUT2D eigenvalue weighted by Gasteiger charge is -2.52. The van der Waals surface area contributed by atoms with Gasteiger partial charge in [0.05, 0.1) is 18.8 Å². The van der Waals surface area contributed by atoms with E-state index >= 15 is 0 Å². The molecule has 4 rings (SSSR count). The van der Waals surface area contributed by atoms with Crippen LogP contribution in [-0.2, 0) is 16.0 Å². The van der Waals surface area contributed by atoms with Crippen LogP contribution < -0.4 is 0 Å². The molecule has 0 radical (unpaired) electrons. The van der Waals surface area contributed by atoms with Crippen molar-refractivity contribution in [3.8, 4) is 0 Å². The number of carbonyl (C=O) groups excluding carboxylic acids is 1. The van der Waals surface area contributed by atoms with Gasteiger partial charge in [0.1, 0.15) is 11.9 Å². The second kappa shape index (κ2) is 5.91. The zero-order valence-corrected chi connectivity index (χ0v) is 14.2. The Morgan fingerprint density at radius 3 is 3.12 bits per heavy atom. The molecule has 6 nitrogen and oxygen atoms in total. The van der Waals surface area contributed by atoms with Crippen LogP contribution >= 0.6 is 0 Å². The van der Waals surface area contributed by atoms with Gasteiger partial charge in [0.15, 0.2) is 5.69 Å². The molecule has 1 saturated heterocycles. The Balaban J connectivity index is 1.42. The monoisotopic (exact) mass is 345 g/mol. The summed E-state index contributed by atoms with van der Waals surface area (Å²) in [5, 5.41) is 7.83. The van der Waals surface area contributed by atoms with Crippen molar-refractivity contribution in [2.45, 2.75) is 39.0 Å². The van der Waals surface area contributed by atoms with Crippen molar-refractivity contribution in [1.29, 1.82) is 0 Å². The van der Waals surface area contributed by atoms with Gasteiger partial charge in [-0.3, -0.25) is 0 Å². The summed E-state index contributed by atoms with van der Waals surface area (Å²) in [7, 11) is 0. The number of fused-ring (bicyclic) bond motifs is 1. The smallest absolute Gasteiger partial charge is 0.360 e. The SMILES string of the molecule is CC1(C)[C@@H]2OCC[C@H]2[C@H]1OC(=O)c1cn(Cc2cccc(F)c2)nn1. The molecule has 0 unspecified atom stereocenters. The van der Waals surface area contributed by atoms with Crippen LogP contribution in [0.25, 0.3) is 0 Å². The van der Waals surface area contributed by atoms with Gasteiger partial charge < -0.3 is 9.47 Å². The van der Waals surface area contributed by atoms with Crippen molar-refractivity contribution in [2.24, 2.45) is 11.3 Å². The molecular weight excluding hydrogens is 325 g/mol. The van der Waals surface area contributed by atoms with Crippen molar-refractivity contribution < 1.29 is 18.7 Å². The fraction of sp³-hybridized carbons (Fsp3) is 0.500. The van der Waals surface area contributed by atoms with E-state index in [1.807, 2.05) is 0 Å². The fourth-order valence-corrected chi connectivity index (χ4v) is 3.98. The van der Waals surface area contributed by atoms with Crippen molar-refractivity contribution >= 4 is 5.97 Å². The number of hydrogen-bond acceptors (Lipinski definition) is 5. The Morgan fingerprint density at radius 1 is 1.48 bits per heavy atom. The summed E-state index contributed by atoms with van der Waals surface area (Å²) < 4.78 is 26.1. The van der Waals surface area contributed by atoms with Crippen molar-refractivity contribution in [2.75, 3.05) is 6.61 Å². The summed E-state index contributed by atoms with van der Waals surface area (Å²) in [6, 6.07) is 6.24. The van der Waals surface area contributed by atoms with Crippen LogP contribution in [0.2, 0.25) is 0 Å². The van der Waals surface area contributed by atoms with Gasteiger partial charge in [-0.2, -0.15) is 0 Å². The molecular formula is C18H20FN3O3. The van der Waals surface area contributed by atoms with Gasteiger partial charge in [0.2, 0.25) is 0 Å². The summed E-state index contributed by atoms with van der Waals surface area (Å²) in [4.78, 5) is 12.4. The van der Waals surface area contributed by atoms with Gasteiger partial charge in [0.25, 0.3) is 0 Å². The highest BCUT2D eigenvalue weighted by molar-refractivity contribution is 5.87. The third kappa shape index (κ3) is 2.82. The minimum Gasteiger partial charge on any atom is -0.456 e. The molecule has 25 heavy (non-hydrogen) atoms. The first-order valence-electron chi connectivity index (χ1n) is 8.42. The number of ether oxygens (including phenoxy) is 2. The molecule has 0 bridgehead atoms. The standard InChI is InChI=1S/C18H20FN3O3/c1-18(2)15-13(6-7-24-15)16(18)25-17(23)14-10-22(21-20-14)9-11-4-3-5-12(19)8-11/h3-5,8,10,13,15-16H,6-7,9H2,1-2H3/t13-,15-,16-/m1/s1. The lowest BCUT2D eigenvalue weighted by Crippen LogP contribution is -2.61. The van der Waals surface area contributed by atoms with Gasteiger partial charge in [-0.15, -0.1) is 5.10 Å². The topological polar surface area (TPSA) is 66.2 Å². The van der Waals surface area contributed by atoms with E-state index in [1.54, 1.807) is 12.1 Å². The summed E-state index contributed by atoms with van der Waals surface area (Å²) in [6.45, 7) is 5.17. The van der Waals surface area contributed by atoms with E-state index in [0.29, 0.717) is 6.54 Å². The molecule has 2 heterocycles. The molecule has 132 valence electrons. The van der Waals surface area contributed by atoms with Crippen LogP contribution in [0, 0.1) is 17.2 Å². The van der Waals surface area contributed by atoms with Crippen LogP contribution in [-0.4, -0.2) is 39.8 Å². The van der Waals surface area contributed by atoms with Gasteiger partial charge in [0, 0.05) is 17.9 Å². The number of rotatable bonds is 4. The number of esters is 1. The Bertz CT molecular complexity index is 804. The first kappa shape index (κ1) is 16.2. The van der Waals surface area contributed by atoms with Gasteiger partial charge >= 0.3 is 5.97 Å². The third-order valence-corrected chi connectivity index (χ3v) is 5.21. The molecule has 0 spiro atoms. The number of carbonyl (C=O) groups is 1. The Morgan fingerprint density at radius 2 is 2.32 bits per heavy atom. The fourth-order valence-electron chi connectivity index (χ4n) is 3.98. The molecule has 2 aromatic rings. The minimum atomic E-state index is -0.478. The maximum Gasteiger partial charge on any atom is 0.360 e. The normalized spacial score (nSPS) is 26.8. The third-order valence-electron chi connectivity index (χ3n) is 5.21. The number of nitrogens with zero attached hydrogens (tertiary/aromatic N) is 3. The zero-order chi connectivity index (χ0) is 17.6. The highest BCUT2D eigenvalue weighted by Crippen LogP contribution is 2.53. The van der Waals surface area contributed by atoms with Crippen LogP contribution in [0.5, 0.6) is 0 Å². The molecule has 1 aliphatic carbocycles. The predicted molar refractivity (Wildman–Crippen MR) is 86.4 cm³/mol. The molecule has 7 heteroatoms. The maximum atomic E-state index is 13.2. The predicted octanol–water partition coefficient (Wildman–Crippen LogP) is 2.44. The van der Waals surface area contributed by atoms with Crippen molar-refractivity contribution in [3.05, 3.63) is 47.5 Å². The molecule has 1 aliphatic heterocycles. The minimum absolute atomic E-state index is 0.161. The van der Waals surface area contributed by atoms with E-state index in [4.69, 9.17) is 9.47 Å². The van der Waals surface area contributed by atoms with E-state index in [2.05, 4.69) is 24.2 Å². The number of halogens is 1. The zero-order valence-electron chi connectivity index (χ0n) is 14.2. The summed E-state index contributed by atoms with van der Waals surface area (Å²) >= 11 is 0. The molecule has 0 amide bonds. The Hall–Kier alpha value is -2.28. The molecule has 2 aliphatic rings. The second-order valence-corrected chi connectivity index (χ2v) is 7.32. The molecule has 1 aromatic heterocycles. The lowest BCUT2D eigenvalue weighted by molar-refractivity contribution is -0.183. The number of benzene rings is 1. The first-order chi connectivity index (χ1) is 11.9. The average molecular weight is 345 g/mol. The number of aromatic nitrogens is 3. The van der Waals surface area contributed by atoms with Crippen LogP contribution in [0.4, 0.5) is 4.39 Å². The van der Waals surface area contributed by atoms with E-state index < -0.39 is 5.97 Å². The van der Waals surface area contributed by atoms with Crippen molar-refractivity contribution in [3.63, 3.8) is 0 Å². The highest BCUT2D eigenvalue weighted by atomic mass is 19.1. The van der Waals surface area contributed by atoms with E-state index in [0.717, 1.165) is 18.6 Å². The van der Waals surface area contributed by atoms with Crippen LogP contribution in [0.15, 0.2) is 30.5 Å². The van der Waals surface area contributed by atoms with Crippen LogP contribution in [0.3, 0.4) is 0 Å². The van der Waals surface area contributed by atoms with Gasteiger partial charge in [-0.05, 0) is 24.1 Å². The maximum absolute atomic E-state index is 13.2. The molecule has 3 atom stereocenters. The Labute approximate surface area is 144 Å². The van der Waals surface area contributed by atoms with E-state index in [9.17, 15) is 9.18 Å². The van der Waals surface area contributed by atoms with Crippen molar-refractivity contribution in [1.82, 2.24) is 15.0 Å².